The van der Waals surface area contributed by atoms with Crippen LogP contribution in [0.2, 0.25) is 0 Å². The van der Waals surface area contributed by atoms with E-state index in [0.717, 1.165) is 16.9 Å². The number of primary amides is 1. The first kappa shape index (κ1) is 17.4. The van der Waals surface area contributed by atoms with E-state index in [1.165, 1.54) is 0 Å². The molecular weight excluding hydrogens is 318 g/mol. The van der Waals surface area contributed by atoms with E-state index >= 15 is 0 Å². The Hall–Kier alpha value is -2.41. The lowest BCUT2D eigenvalue weighted by Crippen LogP contribution is -2.61. The first-order valence-electron chi connectivity index (χ1n) is 8.72. The molecule has 2 amide bonds. The average Bonchev–Trinajstić information content (AvgIpc) is 3.01. The fourth-order valence-corrected chi connectivity index (χ4v) is 3.40. The van der Waals surface area contributed by atoms with Crippen LogP contribution < -0.4 is 5.73 Å². The van der Waals surface area contributed by atoms with E-state index in [0.29, 0.717) is 32.5 Å². The molecule has 1 fully saturated rings. The van der Waals surface area contributed by atoms with Crippen LogP contribution in [0.5, 0.6) is 0 Å². The maximum atomic E-state index is 12.5. The zero-order valence-electron chi connectivity index (χ0n) is 14.7. The lowest BCUT2D eigenvalue weighted by atomic mass is 10.1. The van der Waals surface area contributed by atoms with Crippen molar-refractivity contribution in [1.29, 1.82) is 0 Å². The van der Waals surface area contributed by atoms with Gasteiger partial charge in [-0.1, -0.05) is 12.1 Å². The molecule has 1 aliphatic heterocycles. The SMILES string of the molecule is CC(C)N1CCN(C(=O)CCc2nc3ccccc3[nH]2)C[C@@H]1C(N)=O. The first-order valence-corrected chi connectivity index (χ1v) is 8.72. The minimum Gasteiger partial charge on any atom is -0.368 e. The molecule has 1 atom stereocenters. The summed E-state index contributed by atoms with van der Waals surface area (Å²) in [7, 11) is 0. The topological polar surface area (TPSA) is 95.3 Å². The third-order valence-electron chi connectivity index (χ3n) is 4.78. The van der Waals surface area contributed by atoms with Gasteiger partial charge in [-0.25, -0.2) is 4.98 Å². The van der Waals surface area contributed by atoms with E-state index in [1.807, 2.05) is 38.1 Å². The minimum atomic E-state index is -0.413. The van der Waals surface area contributed by atoms with Crippen molar-refractivity contribution in [3.8, 4) is 0 Å². The number of aryl methyl sites for hydroxylation is 1. The molecule has 7 heteroatoms. The van der Waals surface area contributed by atoms with Gasteiger partial charge in [-0.2, -0.15) is 0 Å². The zero-order valence-corrected chi connectivity index (χ0v) is 14.7. The van der Waals surface area contributed by atoms with Gasteiger partial charge in [-0.15, -0.1) is 0 Å². The number of amides is 2. The first-order chi connectivity index (χ1) is 12.0. The van der Waals surface area contributed by atoms with Crippen molar-refractivity contribution in [3.05, 3.63) is 30.1 Å². The number of benzene rings is 1. The van der Waals surface area contributed by atoms with Crippen LogP contribution in [0.25, 0.3) is 11.0 Å². The normalized spacial score (nSPS) is 18.8. The van der Waals surface area contributed by atoms with Crippen LogP contribution in [0.1, 0.15) is 26.1 Å². The summed E-state index contributed by atoms with van der Waals surface area (Å²) in [6, 6.07) is 7.62. The van der Waals surface area contributed by atoms with E-state index in [1.54, 1.807) is 4.90 Å². The number of imidazole rings is 1. The number of nitrogens with two attached hydrogens (primary N) is 1. The van der Waals surface area contributed by atoms with E-state index < -0.39 is 6.04 Å². The Kier molecular flexibility index (Phi) is 5.03. The molecule has 2 aromatic rings. The fraction of sp³-hybridized carbons (Fsp3) is 0.500. The summed E-state index contributed by atoms with van der Waals surface area (Å²) in [6.07, 6.45) is 0.923. The van der Waals surface area contributed by atoms with Crippen LogP contribution in [0.4, 0.5) is 0 Å². The Labute approximate surface area is 147 Å². The number of para-hydroxylation sites is 2. The summed E-state index contributed by atoms with van der Waals surface area (Å²) >= 11 is 0. The molecule has 3 N–H and O–H groups in total. The smallest absolute Gasteiger partial charge is 0.236 e. The number of hydrogen-bond acceptors (Lipinski definition) is 4. The number of hydrogen-bond donors (Lipinski definition) is 2. The second-order valence-electron chi connectivity index (χ2n) is 6.79. The molecule has 1 saturated heterocycles. The highest BCUT2D eigenvalue weighted by Gasteiger charge is 2.34. The highest BCUT2D eigenvalue weighted by Crippen LogP contribution is 2.16. The molecule has 25 heavy (non-hydrogen) atoms. The second-order valence-corrected chi connectivity index (χ2v) is 6.79. The summed E-state index contributed by atoms with van der Waals surface area (Å²) in [5.74, 6) is 0.473. The largest absolute Gasteiger partial charge is 0.368 e. The lowest BCUT2D eigenvalue weighted by molar-refractivity contribution is -0.138. The average molecular weight is 343 g/mol. The molecule has 7 nitrogen and oxygen atoms in total. The van der Waals surface area contributed by atoms with Gasteiger partial charge >= 0.3 is 0 Å². The van der Waals surface area contributed by atoms with Gasteiger partial charge in [0.1, 0.15) is 11.9 Å². The molecular formula is C18H25N5O2. The van der Waals surface area contributed by atoms with Gasteiger partial charge in [-0.3, -0.25) is 14.5 Å². The monoisotopic (exact) mass is 343 g/mol. The van der Waals surface area contributed by atoms with Gasteiger partial charge in [0.15, 0.2) is 0 Å². The molecule has 0 aliphatic carbocycles. The van der Waals surface area contributed by atoms with Crippen molar-refractivity contribution in [1.82, 2.24) is 19.8 Å². The van der Waals surface area contributed by atoms with Crippen molar-refractivity contribution >= 4 is 22.8 Å². The Morgan fingerprint density at radius 2 is 2.08 bits per heavy atom. The molecule has 0 spiro atoms. The van der Waals surface area contributed by atoms with E-state index in [4.69, 9.17) is 5.73 Å². The predicted molar refractivity (Wildman–Crippen MR) is 95.8 cm³/mol. The number of aromatic nitrogens is 2. The van der Waals surface area contributed by atoms with Crippen molar-refractivity contribution in [3.63, 3.8) is 0 Å². The van der Waals surface area contributed by atoms with Crippen LogP contribution in [0.15, 0.2) is 24.3 Å². The zero-order chi connectivity index (χ0) is 18.0. The molecule has 134 valence electrons. The summed E-state index contributed by atoms with van der Waals surface area (Å²) < 4.78 is 0. The summed E-state index contributed by atoms with van der Waals surface area (Å²) in [4.78, 5) is 35.8. The van der Waals surface area contributed by atoms with Crippen molar-refractivity contribution in [2.24, 2.45) is 5.73 Å². The minimum absolute atomic E-state index is 0.0371. The highest BCUT2D eigenvalue weighted by molar-refractivity contribution is 5.82. The lowest BCUT2D eigenvalue weighted by Gasteiger charge is -2.42. The summed E-state index contributed by atoms with van der Waals surface area (Å²) in [6.45, 7) is 5.74. The second kappa shape index (κ2) is 7.23. The Morgan fingerprint density at radius 1 is 1.32 bits per heavy atom. The molecule has 0 unspecified atom stereocenters. The number of H-pyrrole nitrogens is 1. The number of carbonyl (C=O) groups excluding carboxylic acids is 2. The third kappa shape index (κ3) is 3.82. The van der Waals surface area contributed by atoms with E-state index in [2.05, 4.69) is 14.9 Å². The van der Waals surface area contributed by atoms with Gasteiger partial charge in [0.2, 0.25) is 11.8 Å². The van der Waals surface area contributed by atoms with Crippen LogP contribution >= 0.6 is 0 Å². The molecule has 0 bridgehead atoms. The maximum absolute atomic E-state index is 12.5. The summed E-state index contributed by atoms with van der Waals surface area (Å²) in [5, 5.41) is 0. The highest BCUT2D eigenvalue weighted by atomic mass is 16.2. The molecule has 2 heterocycles. The van der Waals surface area contributed by atoms with Crippen LogP contribution in [0.3, 0.4) is 0 Å². The Bertz CT molecular complexity index is 737. The van der Waals surface area contributed by atoms with Gasteiger partial charge in [0, 0.05) is 38.5 Å². The maximum Gasteiger partial charge on any atom is 0.236 e. The molecule has 3 rings (SSSR count). The van der Waals surface area contributed by atoms with Crippen molar-refractivity contribution < 1.29 is 9.59 Å². The van der Waals surface area contributed by atoms with E-state index in [9.17, 15) is 9.59 Å². The number of fused-ring (bicyclic) bond motifs is 1. The van der Waals surface area contributed by atoms with Crippen LogP contribution in [-0.2, 0) is 16.0 Å². The molecule has 1 aromatic heterocycles. The number of aromatic amines is 1. The van der Waals surface area contributed by atoms with Gasteiger partial charge in [0.25, 0.3) is 0 Å². The van der Waals surface area contributed by atoms with Crippen molar-refractivity contribution in [2.45, 2.75) is 38.8 Å². The molecule has 1 aromatic carbocycles. The quantitative estimate of drug-likeness (QED) is 0.843. The van der Waals surface area contributed by atoms with Gasteiger partial charge in [-0.05, 0) is 26.0 Å². The number of piperazine rings is 1. The van der Waals surface area contributed by atoms with Crippen LogP contribution in [-0.4, -0.2) is 63.3 Å². The third-order valence-corrected chi connectivity index (χ3v) is 4.78. The van der Waals surface area contributed by atoms with Gasteiger partial charge in [0.05, 0.1) is 11.0 Å². The number of rotatable bonds is 5. The predicted octanol–water partition coefficient (Wildman–Crippen LogP) is 0.902. The number of nitrogens with one attached hydrogen (secondary N) is 1. The Balaban J connectivity index is 1.60. The summed E-state index contributed by atoms with van der Waals surface area (Å²) in [5.41, 5.74) is 7.42. The Morgan fingerprint density at radius 3 is 2.76 bits per heavy atom. The van der Waals surface area contributed by atoms with E-state index in [-0.39, 0.29) is 17.9 Å². The molecule has 0 saturated carbocycles. The number of nitrogens with zero attached hydrogens (tertiary/aromatic N) is 3. The molecule has 0 radical (unpaired) electrons. The van der Waals surface area contributed by atoms with Crippen LogP contribution in [0, 0.1) is 0 Å². The molecule has 1 aliphatic rings. The number of carbonyl (C=O) groups is 2. The van der Waals surface area contributed by atoms with Crippen molar-refractivity contribution in [2.75, 3.05) is 19.6 Å². The van der Waals surface area contributed by atoms with Gasteiger partial charge < -0.3 is 15.6 Å². The fourth-order valence-electron chi connectivity index (χ4n) is 3.40. The standard InChI is InChI=1S/C18H25N5O2/c1-12(2)23-10-9-22(11-15(23)18(19)25)17(24)8-7-16-20-13-5-3-4-6-14(13)21-16/h3-6,12,15H,7-11H2,1-2H3,(H2,19,25)(H,20,21)/t15-/m1/s1.